The number of ketones is 1. The lowest BCUT2D eigenvalue weighted by Crippen LogP contribution is -2.09. The monoisotopic (exact) mass is 206 g/mol. The molecule has 2 rings (SSSR count). The van der Waals surface area contributed by atoms with E-state index in [2.05, 4.69) is 9.78 Å². The largest absolute Gasteiger partial charge is 0.294 e. The summed E-state index contributed by atoms with van der Waals surface area (Å²) >= 11 is 0. The van der Waals surface area contributed by atoms with Gasteiger partial charge in [0, 0.05) is 5.69 Å². The molecule has 0 saturated heterocycles. The Morgan fingerprint density at radius 3 is 2.40 bits per heavy atom. The Kier molecular flexibility index (Phi) is 2.63. The van der Waals surface area contributed by atoms with E-state index in [1.807, 2.05) is 13.8 Å². The molecule has 1 heterocycles. The number of aryl methyl sites for hydroxylation is 1. The van der Waals surface area contributed by atoms with Crippen LogP contribution in [0, 0.1) is 13.8 Å². The van der Waals surface area contributed by atoms with Crippen LogP contribution in [0.4, 0.5) is 0 Å². The van der Waals surface area contributed by atoms with Crippen LogP contribution in [-0.4, -0.2) is 15.6 Å². The third-order valence-electron chi connectivity index (χ3n) is 3.35. The van der Waals surface area contributed by atoms with E-state index in [0.29, 0.717) is 6.04 Å². The van der Waals surface area contributed by atoms with E-state index in [4.69, 9.17) is 0 Å². The molecule has 1 aliphatic carbocycles. The van der Waals surface area contributed by atoms with Crippen molar-refractivity contribution < 1.29 is 4.79 Å². The van der Waals surface area contributed by atoms with E-state index in [9.17, 15) is 4.79 Å². The van der Waals surface area contributed by atoms with E-state index in [-0.39, 0.29) is 5.78 Å². The van der Waals surface area contributed by atoms with E-state index in [1.165, 1.54) is 25.7 Å². The average Bonchev–Trinajstić information content (AvgIpc) is 2.72. The number of carbonyl (C=O) groups excluding carboxylic acids is 1. The summed E-state index contributed by atoms with van der Waals surface area (Å²) < 4.78 is 2.07. The van der Waals surface area contributed by atoms with Crippen LogP contribution in [-0.2, 0) is 0 Å². The van der Waals surface area contributed by atoms with Crippen LogP contribution < -0.4 is 0 Å². The summed E-state index contributed by atoms with van der Waals surface area (Å²) in [6, 6.07) is 0.525. The lowest BCUT2D eigenvalue weighted by atomic mass is 10.1. The Morgan fingerprint density at radius 2 is 1.93 bits per heavy atom. The molecular weight excluding hydrogens is 188 g/mol. The summed E-state index contributed by atoms with van der Waals surface area (Å²) in [6.45, 7) is 5.56. The predicted molar refractivity (Wildman–Crippen MR) is 59.2 cm³/mol. The molecule has 0 atom stereocenters. The summed E-state index contributed by atoms with van der Waals surface area (Å²) in [5, 5.41) is 4.51. The highest BCUT2D eigenvalue weighted by atomic mass is 16.1. The Hall–Kier alpha value is -1.12. The predicted octanol–water partition coefficient (Wildman–Crippen LogP) is 2.82. The van der Waals surface area contributed by atoms with Crippen LogP contribution in [0.5, 0.6) is 0 Å². The Bertz CT molecular complexity index is 387. The van der Waals surface area contributed by atoms with Crippen LogP contribution >= 0.6 is 0 Å². The van der Waals surface area contributed by atoms with Crippen molar-refractivity contribution in [3.8, 4) is 0 Å². The minimum absolute atomic E-state index is 0.134. The molecule has 3 nitrogen and oxygen atoms in total. The van der Waals surface area contributed by atoms with Gasteiger partial charge in [-0.2, -0.15) is 5.10 Å². The van der Waals surface area contributed by atoms with Crippen LogP contribution in [0.2, 0.25) is 0 Å². The molecule has 3 heteroatoms. The third-order valence-corrected chi connectivity index (χ3v) is 3.35. The van der Waals surface area contributed by atoms with Gasteiger partial charge in [-0.3, -0.25) is 9.48 Å². The highest BCUT2D eigenvalue weighted by Gasteiger charge is 2.23. The van der Waals surface area contributed by atoms with Crippen molar-refractivity contribution in [2.75, 3.05) is 0 Å². The van der Waals surface area contributed by atoms with Crippen molar-refractivity contribution in [2.24, 2.45) is 0 Å². The molecule has 1 aromatic rings. The van der Waals surface area contributed by atoms with Gasteiger partial charge < -0.3 is 0 Å². The SMILES string of the molecule is CC(=O)c1c(C)nn(C2CCCC2)c1C. The Balaban J connectivity index is 2.40. The Morgan fingerprint density at radius 1 is 1.33 bits per heavy atom. The molecule has 82 valence electrons. The molecule has 1 fully saturated rings. The first kappa shape index (κ1) is 10.4. The number of rotatable bonds is 2. The number of hydrogen-bond acceptors (Lipinski definition) is 2. The fourth-order valence-corrected chi connectivity index (χ4v) is 2.68. The van der Waals surface area contributed by atoms with Gasteiger partial charge in [0.1, 0.15) is 0 Å². The van der Waals surface area contributed by atoms with E-state index < -0.39 is 0 Å². The molecule has 0 spiro atoms. The van der Waals surface area contributed by atoms with Crippen molar-refractivity contribution in [3.63, 3.8) is 0 Å². The van der Waals surface area contributed by atoms with Gasteiger partial charge in [-0.25, -0.2) is 0 Å². The zero-order valence-electron chi connectivity index (χ0n) is 9.71. The molecule has 1 saturated carbocycles. The standard InChI is InChI=1S/C12H18N2O/c1-8-12(10(3)15)9(2)14(13-8)11-6-4-5-7-11/h11H,4-7H2,1-3H3. The maximum atomic E-state index is 11.5. The summed E-state index contributed by atoms with van der Waals surface area (Å²) in [4.78, 5) is 11.5. The molecule has 0 N–H and O–H groups in total. The van der Waals surface area contributed by atoms with Crippen molar-refractivity contribution >= 4 is 5.78 Å². The molecule has 1 aliphatic rings. The summed E-state index contributed by atoms with van der Waals surface area (Å²) in [6.07, 6.45) is 5.00. The topological polar surface area (TPSA) is 34.9 Å². The number of nitrogens with zero attached hydrogens (tertiary/aromatic N) is 2. The van der Waals surface area contributed by atoms with Crippen molar-refractivity contribution in [1.82, 2.24) is 9.78 Å². The maximum Gasteiger partial charge on any atom is 0.163 e. The van der Waals surface area contributed by atoms with Crippen LogP contribution in [0.3, 0.4) is 0 Å². The highest BCUT2D eigenvalue weighted by Crippen LogP contribution is 2.31. The average molecular weight is 206 g/mol. The normalized spacial score (nSPS) is 17.3. The first-order valence-electron chi connectivity index (χ1n) is 5.68. The number of carbonyl (C=O) groups is 1. The number of hydrogen-bond donors (Lipinski definition) is 0. The van der Waals surface area contributed by atoms with Gasteiger partial charge in [0.25, 0.3) is 0 Å². The second-order valence-corrected chi connectivity index (χ2v) is 4.48. The van der Waals surface area contributed by atoms with E-state index >= 15 is 0 Å². The Labute approximate surface area is 90.5 Å². The number of Topliss-reactive ketones (excluding diaryl/α,β-unsaturated/α-hetero) is 1. The van der Waals surface area contributed by atoms with Crippen LogP contribution in [0.25, 0.3) is 0 Å². The maximum absolute atomic E-state index is 11.5. The molecule has 0 aromatic carbocycles. The molecule has 1 aromatic heterocycles. The molecular formula is C12H18N2O. The van der Waals surface area contributed by atoms with Gasteiger partial charge in [-0.15, -0.1) is 0 Å². The smallest absolute Gasteiger partial charge is 0.163 e. The second-order valence-electron chi connectivity index (χ2n) is 4.48. The van der Waals surface area contributed by atoms with Crippen molar-refractivity contribution in [2.45, 2.75) is 52.5 Å². The van der Waals surface area contributed by atoms with Crippen LogP contribution in [0.15, 0.2) is 0 Å². The minimum Gasteiger partial charge on any atom is -0.294 e. The molecule has 0 aliphatic heterocycles. The first-order valence-corrected chi connectivity index (χ1v) is 5.68. The molecule has 15 heavy (non-hydrogen) atoms. The van der Waals surface area contributed by atoms with Crippen molar-refractivity contribution in [1.29, 1.82) is 0 Å². The highest BCUT2D eigenvalue weighted by molar-refractivity contribution is 5.96. The third kappa shape index (κ3) is 1.71. The fraction of sp³-hybridized carbons (Fsp3) is 0.667. The lowest BCUT2D eigenvalue weighted by molar-refractivity contribution is 0.101. The number of aromatic nitrogens is 2. The molecule has 0 unspecified atom stereocenters. The lowest BCUT2D eigenvalue weighted by Gasteiger charge is -2.12. The zero-order chi connectivity index (χ0) is 11.0. The summed E-state index contributed by atoms with van der Waals surface area (Å²) in [5.41, 5.74) is 2.75. The molecule has 0 bridgehead atoms. The first-order chi connectivity index (χ1) is 7.11. The zero-order valence-corrected chi connectivity index (χ0v) is 9.71. The van der Waals surface area contributed by atoms with Gasteiger partial charge in [-0.1, -0.05) is 12.8 Å². The minimum atomic E-state index is 0.134. The van der Waals surface area contributed by atoms with Crippen molar-refractivity contribution in [3.05, 3.63) is 17.0 Å². The van der Waals surface area contributed by atoms with E-state index in [1.54, 1.807) is 6.92 Å². The van der Waals surface area contributed by atoms with Gasteiger partial charge in [0.15, 0.2) is 5.78 Å². The van der Waals surface area contributed by atoms with Crippen LogP contribution in [0.1, 0.15) is 60.4 Å². The second kappa shape index (κ2) is 3.80. The van der Waals surface area contributed by atoms with Gasteiger partial charge in [0.2, 0.25) is 0 Å². The van der Waals surface area contributed by atoms with Gasteiger partial charge in [0.05, 0.1) is 17.3 Å². The summed E-state index contributed by atoms with van der Waals surface area (Å²) in [5.74, 6) is 0.134. The van der Waals surface area contributed by atoms with Gasteiger partial charge in [-0.05, 0) is 33.6 Å². The molecule has 0 radical (unpaired) electrons. The fourth-order valence-electron chi connectivity index (χ4n) is 2.68. The quantitative estimate of drug-likeness (QED) is 0.697. The molecule has 0 amide bonds. The summed E-state index contributed by atoms with van der Waals surface area (Å²) in [7, 11) is 0. The van der Waals surface area contributed by atoms with E-state index in [0.717, 1.165) is 17.0 Å². The van der Waals surface area contributed by atoms with Gasteiger partial charge >= 0.3 is 0 Å².